The highest BCUT2D eigenvalue weighted by Crippen LogP contribution is 2.34. The summed E-state index contributed by atoms with van der Waals surface area (Å²) < 4.78 is 38.2. The zero-order valence-electron chi connectivity index (χ0n) is 11.9. The van der Waals surface area contributed by atoms with Crippen molar-refractivity contribution in [3.8, 4) is 0 Å². The first kappa shape index (κ1) is 15.5. The number of nitrogens with zero attached hydrogens (tertiary/aromatic N) is 1. The van der Waals surface area contributed by atoms with Gasteiger partial charge in [0.25, 0.3) is 0 Å². The van der Waals surface area contributed by atoms with Crippen molar-refractivity contribution in [3.05, 3.63) is 57.8 Å². The van der Waals surface area contributed by atoms with E-state index in [-0.39, 0.29) is 6.04 Å². The molecule has 1 aromatic carbocycles. The Kier molecular flexibility index (Phi) is 4.52. The Balaban J connectivity index is 1.92. The summed E-state index contributed by atoms with van der Waals surface area (Å²) in [6.45, 7) is 3.60. The maximum atomic E-state index is 12.7. The molecule has 118 valence electrons. The minimum Gasteiger partial charge on any atom is -0.314 e. The SMILES string of the molecule is FC(F)(F)c1ccc(C(c2cccs2)N2CCNCC2)cc1. The highest BCUT2D eigenvalue weighted by atomic mass is 32.1. The van der Waals surface area contributed by atoms with Gasteiger partial charge in [0.15, 0.2) is 0 Å². The van der Waals surface area contributed by atoms with Crippen LogP contribution >= 0.6 is 11.3 Å². The molecule has 1 aliphatic heterocycles. The summed E-state index contributed by atoms with van der Waals surface area (Å²) in [5, 5.41) is 5.32. The minimum atomic E-state index is -4.29. The quantitative estimate of drug-likeness (QED) is 0.924. The lowest BCUT2D eigenvalue weighted by Crippen LogP contribution is -2.45. The Morgan fingerprint density at radius 2 is 1.73 bits per heavy atom. The van der Waals surface area contributed by atoms with Gasteiger partial charge in [-0.25, -0.2) is 0 Å². The summed E-state index contributed by atoms with van der Waals surface area (Å²) in [6, 6.07) is 9.64. The fourth-order valence-corrected chi connectivity index (χ4v) is 3.68. The normalized spacial score (nSPS) is 18.3. The molecule has 1 aliphatic rings. The summed E-state index contributed by atoms with van der Waals surface area (Å²) >= 11 is 1.64. The summed E-state index contributed by atoms with van der Waals surface area (Å²) in [5.41, 5.74) is 0.318. The number of alkyl halides is 3. The van der Waals surface area contributed by atoms with Gasteiger partial charge in [0.05, 0.1) is 11.6 Å². The second kappa shape index (κ2) is 6.40. The standard InChI is InChI=1S/C16H17F3N2S/c17-16(18,19)13-5-3-12(4-6-13)15(14-2-1-11-22-14)21-9-7-20-8-10-21/h1-6,11,15,20H,7-10H2. The molecular weight excluding hydrogens is 309 g/mol. The first-order chi connectivity index (χ1) is 10.6. The molecule has 0 amide bonds. The molecule has 1 N–H and O–H groups in total. The van der Waals surface area contributed by atoms with Crippen LogP contribution in [0.15, 0.2) is 41.8 Å². The summed E-state index contributed by atoms with van der Waals surface area (Å²) in [6.07, 6.45) is -4.29. The molecule has 2 aromatic rings. The van der Waals surface area contributed by atoms with Crippen LogP contribution in [-0.2, 0) is 6.18 Å². The molecule has 0 radical (unpaired) electrons. The van der Waals surface area contributed by atoms with Crippen LogP contribution in [0.1, 0.15) is 22.0 Å². The van der Waals surface area contributed by atoms with E-state index in [0.29, 0.717) is 0 Å². The lowest BCUT2D eigenvalue weighted by atomic mass is 10.0. The van der Waals surface area contributed by atoms with Crippen LogP contribution in [0.3, 0.4) is 0 Å². The highest BCUT2D eigenvalue weighted by molar-refractivity contribution is 7.10. The molecule has 1 fully saturated rings. The Morgan fingerprint density at radius 1 is 1.05 bits per heavy atom. The number of hydrogen-bond donors (Lipinski definition) is 1. The number of halogens is 3. The van der Waals surface area contributed by atoms with Gasteiger partial charge in [-0.3, -0.25) is 4.90 Å². The summed E-state index contributed by atoms with van der Waals surface area (Å²) in [4.78, 5) is 3.49. The van der Waals surface area contributed by atoms with E-state index >= 15 is 0 Å². The zero-order valence-corrected chi connectivity index (χ0v) is 12.8. The van der Waals surface area contributed by atoms with Crippen molar-refractivity contribution in [2.75, 3.05) is 26.2 Å². The van der Waals surface area contributed by atoms with E-state index in [2.05, 4.69) is 16.3 Å². The average Bonchev–Trinajstić information content (AvgIpc) is 3.02. The van der Waals surface area contributed by atoms with E-state index in [1.807, 2.05) is 11.4 Å². The van der Waals surface area contributed by atoms with Gasteiger partial charge in [-0.05, 0) is 29.1 Å². The van der Waals surface area contributed by atoms with E-state index in [4.69, 9.17) is 0 Å². The smallest absolute Gasteiger partial charge is 0.314 e. The first-order valence-corrected chi connectivity index (χ1v) is 8.09. The third kappa shape index (κ3) is 3.34. The monoisotopic (exact) mass is 326 g/mol. The third-order valence-corrected chi connectivity index (χ3v) is 4.81. The number of thiophene rings is 1. The van der Waals surface area contributed by atoms with Crippen molar-refractivity contribution in [3.63, 3.8) is 0 Å². The van der Waals surface area contributed by atoms with Crippen LogP contribution in [0.4, 0.5) is 13.2 Å². The van der Waals surface area contributed by atoms with Gasteiger partial charge in [0.2, 0.25) is 0 Å². The summed E-state index contributed by atoms with van der Waals surface area (Å²) in [5.74, 6) is 0. The number of hydrogen-bond acceptors (Lipinski definition) is 3. The molecule has 6 heteroatoms. The van der Waals surface area contributed by atoms with E-state index in [9.17, 15) is 13.2 Å². The molecule has 1 saturated heterocycles. The van der Waals surface area contributed by atoms with Crippen LogP contribution in [-0.4, -0.2) is 31.1 Å². The molecule has 1 atom stereocenters. The number of rotatable bonds is 3. The van der Waals surface area contributed by atoms with E-state index in [0.717, 1.165) is 31.7 Å². The maximum Gasteiger partial charge on any atom is 0.416 e. The van der Waals surface area contributed by atoms with Crippen LogP contribution in [0.5, 0.6) is 0 Å². The third-order valence-electron chi connectivity index (χ3n) is 3.88. The van der Waals surface area contributed by atoms with Gasteiger partial charge in [0, 0.05) is 31.1 Å². The van der Waals surface area contributed by atoms with Gasteiger partial charge in [-0.15, -0.1) is 11.3 Å². The molecular formula is C16H17F3N2S. The molecule has 1 aromatic heterocycles. The first-order valence-electron chi connectivity index (χ1n) is 7.21. The van der Waals surface area contributed by atoms with Crippen molar-refractivity contribution in [1.82, 2.24) is 10.2 Å². The molecule has 22 heavy (non-hydrogen) atoms. The number of piperazine rings is 1. The Labute approximate surface area is 131 Å². The minimum absolute atomic E-state index is 0.0318. The molecule has 3 rings (SSSR count). The fraction of sp³-hybridized carbons (Fsp3) is 0.375. The van der Waals surface area contributed by atoms with Crippen LogP contribution in [0.2, 0.25) is 0 Å². The summed E-state index contributed by atoms with van der Waals surface area (Å²) in [7, 11) is 0. The molecule has 0 spiro atoms. The Morgan fingerprint density at radius 3 is 2.27 bits per heavy atom. The molecule has 1 unspecified atom stereocenters. The second-order valence-electron chi connectivity index (χ2n) is 5.32. The van der Waals surface area contributed by atoms with Gasteiger partial charge in [0.1, 0.15) is 0 Å². The molecule has 0 aliphatic carbocycles. The predicted molar refractivity (Wildman–Crippen MR) is 82.0 cm³/mol. The lowest BCUT2D eigenvalue weighted by Gasteiger charge is -2.34. The van der Waals surface area contributed by atoms with Crippen LogP contribution in [0.25, 0.3) is 0 Å². The predicted octanol–water partition coefficient (Wildman–Crippen LogP) is 3.76. The number of nitrogens with one attached hydrogen (secondary N) is 1. The van der Waals surface area contributed by atoms with E-state index in [1.54, 1.807) is 23.5 Å². The van der Waals surface area contributed by atoms with Gasteiger partial charge in [-0.2, -0.15) is 13.2 Å². The lowest BCUT2D eigenvalue weighted by molar-refractivity contribution is -0.137. The Bertz CT molecular complexity index is 587. The molecule has 0 saturated carbocycles. The van der Waals surface area contributed by atoms with Gasteiger partial charge in [-0.1, -0.05) is 18.2 Å². The van der Waals surface area contributed by atoms with E-state index in [1.165, 1.54) is 17.0 Å². The molecule has 0 bridgehead atoms. The topological polar surface area (TPSA) is 15.3 Å². The van der Waals surface area contributed by atoms with Crippen molar-refractivity contribution in [2.24, 2.45) is 0 Å². The van der Waals surface area contributed by atoms with Crippen molar-refractivity contribution >= 4 is 11.3 Å². The largest absolute Gasteiger partial charge is 0.416 e. The van der Waals surface area contributed by atoms with E-state index < -0.39 is 11.7 Å². The van der Waals surface area contributed by atoms with Crippen LogP contribution in [0, 0.1) is 0 Å². The molecule has 2 heterocycles. The van der Waals surface area contributed by atoms with Crippen molar-refractivity contribution in [2.45, 2.75) is 12.2 Å². The maximum absolute atomic E-state index is 12.7. The van der Waals surface area contributed by atoms with Crippen molar-refractivity contribution in [1.29, 1.82) is 0 Å². The highest BCUT2D eigenvalue weighted by Gasteiger charge is 2.31. The second-order valence-corrected chi connectivity index (χ2v) is 6.30. The van der Waals surface area contributed by atoms with Gasteiger partial charge < -0.3 is 5.32 Å². The average molecular weight is 326 g/mol. The molecule has 2 nitrogen and oxygen atoms in total. The van der Waals surface area contributed by atoms with Crippen LogP contribution < -0.4 is 5.32 Å². The number of benzene rings is 1. The van der Waals surface area contributed by atoms with Gasteiger partial charge >= 0.3 is 6.18 Å². The zero-order chi connectivity index (χ0) is 15.6. The van der Waals surface area contributed by atoms with Crippen molar-refractivity contribution < 1.29 is 13.2 Å². The fourth-order valence-electron chi connectivity index (χ4n) is 2.80. The Hall–Kier alpha value is -1.37.